The highest BCUT2D eigenvalue weighted by atomic mass is 16.5. The van der Waals surface area contributed by atoms with Crippen molar-refractivity contribution in [2.75, 3.05) is 5.32 Å². The molecule has 112 valence electrons. The zero-order valence-electron chi connectivity index (χ0n) is 12.8. The number of carbonyl (C=O) groups is 1. The van der Waals surface area contributed by atoms with Crippen molar-refractivity contribution < 1.29 is 9.53 Å². The molecule has 4 nitrogen and oxygen atoms in total. The van der Waals surface area contributed by atoms with E-state index < -0.39 is 6.04 Å². The summed E-state index contributed by atoms with van der Waals surface area (Å²) in [7, 11) is 0. The third kappa shape index (κ3) is 5.31. The SMILES string of the molecule is CCC(C)C(N)C(=O)Nc1ccc(COC(C)C)cc1. The number of hydrogen-bond donors (Lipinski definition) is 2. The van der Waals surface area contributed by atoms with Crippen molar-refractivity contribution in [2.24, 2.45) is 11.7 Å². The van der Waals surface area contributed by atoms with Gasteiger partial charge < -0.3 is 15.8 Å². The predicted molar refractivity (Wildman–Crippen MR) is 82.4 cm³/mol. The lowest BCUT2D eigenvalue weighted by Crippen LogP contribution is -2.40. The maximum atomic E-state index is 12.0. The molecule has 3 N–H and O–H groups in total. The van der Waals surface area contributed by atoms with Crippen molar-refractivity contribution in [2.45, 2.75) is 52.9 Å². The van der Waals surface area contributed by atoms with Gasteiger partial charge in [0.1, 0.15) is 0 Å². The highest BCUT2D eigenvalue weighted by Gasteiger charge is 2.19. The summed E-state index contributed by atoms with van der Waals surface area (Å²) < 4.78 is 5.53. The molecule has 0 fully saturated rings. The molecule has 2 atom stereocenters. The lowest BCUT2D eigenvalue weighted by Gasteiger charge is -2.17. The Hall–Kier alpha value is -1.39. The van der Waals surface area contributed by atoms with E-state index in [9.17, 15) is 4.79 Å². The number of benzene rings is 1. The molecule has 1 amide bonds. The zero-order chi connectivity index (χ0) is 15.1. The van der Waals surface area contributed by atoms with Crippen molar-refractivity contribution in [1.29, 1.82) is 0 Å². The molecule has 20 heavy (non-hydrogen) atoms. The Bertz CT molecular complexity index is 415. The molecule has 2 unspecified atom stereocenters. The Morgan fingerprint density at radius 2 is 1.85 bits per heavy atom. The molecule has 0 spiro atoms. The number of nitrogens with one attached hydrogen (secondary N) is 1. The van der Waals surface area contributed by atoms with Crippen LogP contribution in [0.3, 0.4) is 0 Å². The number of ether oxygens (including phenoxy) is 1. The first-order valence-corrected chi connectivity index (χ1v) is 7.21. The molecule has 0 radical (unpaired) electrons. The average Bonchev–Trinajstić information content (AvgIpc) is 2.44. The second kappa shape index (κ2) is 8.02. The molecule has 0 aliphatic rings. The Balaban J connectivity index is 2.54. The lowest BCUT2D eigenvalue weighted by molar-refractivity contribution is -0.118. The van der Waals surface area contributed by atoms with E-state index in [2.05, 4.69) is 5.32 Å². The largest absolute Gasteiger partial charge is 0.374 e. The summed E-state index contributed by atoms with van der Waals surface area (Å²) in [5.41, 5.74) is 7.75. The number of rotatable bonds is 7. The second-order valence-corrected chi connectivity index (χ2v) is 5.46. The Labute approximate surface area is 121 Å². The van der Waals surface area contributed by atoms with Crippen LogP contribution in [0.5, 0.6) is 0 Å². The van der Waals surface area contributed by atoms with Gasteiger partial charge in [-0.15, -0.1) is 0 Å². The van der Waals surface area contributed by atoms with Crippen molar-refractivity contribution in [3.8, 4) is 0 Å². The fraction of sp³-hybridized carbons (Fsp3) is 0.562. The smallest absolute Gasteiger partial charge is 0.241 e. The number of anilines is 1. The van der Waals surface area contributed by atoms with Gasteiger partial charge in [0, 0.05) is 5.69 Å². The molecule has 0 bridgehead atoms. The molecule has 1 aromatic rings. The van der Waals surface area contributed by atoms with Gasteiger partial charge in [-0.25, -0.2) is 0 Å². The number of hydrogen-bond acceptors (Lipinski definition) is 3. The third-order valence-corrected chi connectivity index (χ3v) is 3.36. The molecule has 1 aromatic carbocycles. The van der Waals surface area contributed by atoms with E-state index in [0.29, 0.717) is 6.61 Å². The maximum absolute atomic E-state index is 12.0. The molecule has 0 aliphatic carbocycles. The van der Waals surface area contributed by atoms with Gasteiger partial charge in [-0.2, -0.15) is 0 Å². The molecule has 0 saturated heterocycles. The van der Waals surface area contributed by atoms with E-state index in [-0.39, 0.29) is 17.9 Å². The van der Waals surface area contributed by atoms with Crippen molar-refractivity contribution in [3.63, 3.8) is 0 Å². The van der Waals surface area contributed by atoms with E-state index in [1.54, 1.807) is 0 Å². The van der Waals surface area contributed by atoms with Gasteiger partial charge in [0.25, 0.3) is 0 Å². The second-order valence-electron chi connectivity index (χ2n) is 5.46. The predicted octanol–water partition coefficient (Wildman–Crippen LogP) is 2.92. The van der Waals surface area contributed by atoms with Gasteiger partial charge in [-0.3, -0.25) is 4.79 Å². The van der Waals surface area contributed by atoms with Gasteiger partial charge in [0.15, 0.2) is 0 Å². The van der Waals surface area contributed by atoms with Crippen LogP contribution in [0.1, 0.15) is 39.7 Å². The topological polar surface area (TPSA) is 64.4 Å². The minimum Gasteiger partial charge on any atom is -0.374 e. The zero-order valence-corrected chi connectivity index (χ0v) is 12.8. The van der Waals surface area contributed by atoms with Gasteiger partial charge in [0.05, 0.1) is 18.8 Å². The lowest BCUT2D eigenvalue weighted by atomic mass is 9.99. The van der Waals surface area contributed by atoms with Crippen LogP contribution in [0.25, 0.3) is 0 Å². The average molecular weight is 278 g/mol. The van der Waals surface area contributed by atoms with E-state index >= 15 is 0 Å². The van der Waals surface area contributed by atoms with E-state index in [0.717, 1.165) is 17.7 Å². The van der Waals surface area contributed by atoms with Crippen LogP contribution in [-0.2, 0) is 16.1 Å². The normalized spacial score (nSPS) is 14.1. The van der Waals surface area contributed by atoms with E-state index in [4.69, 9.17) is 10.5 Å². The minimum absolute atomic E-state index is 0.134. The van der Waals surface area contributed by atoms with Crippen LogP contribution in [-0.4, -0.2) is 18.1 Å². The minimum atomic E-state index is -0.469. The van der Waals surface area contributed by atoms with Gasteiger partial charge in [0.2, 0.25) is 5.91 Å². The van der Waals surface area contributed by atoms with Crippen molar-refractivity contribution in [3.05, 3.63) is 29.8 Å². The van der Waals surface area contributed by atoms with E-state index in [1.807, 2.05) is 52.0 Å². The molecule has 0 heterocycles. The molecule has 4 heteroatoms. The van der Waals surface area contributed by atoms with Crippen LogP contribution in [0.2, 0.25) is 0 Å². The Morgan fingerprint density at radius 1 is 1.25 bits per heavy atom. The summed E-state index contributed by atoms with van der Waals surface area (Å²) in [6, 6.07) is 7.18. The van der Waals surface area contributed by atoms with Crippen LogP contribution >= 0.6 is 0 Å². The summed E-state index contributed by atoms with van der Waals surface area (Å²) in [4.78, 5) is 12.0. The molecular formula is C16H26N2O2. The van der Waals surface area contributed by atoms with Crippen LogP contribution < -0.4 is 11.1 Å². The number of carbonyl (C=O) groups excluding carboxylic acids is 1. The number of amides is 1. The summed E-state index contributed by atoms with van der Waals surface area (Å²) in [5.74, 6) is 0.0410. The monoisotopic (exact) mass is 278 g/mol. The van der Waals surface area contributed by atoms with E-state index in [1.165, 1.54) is 0 Å². The molecular weight excluding hydrogens is 252 g/mol. The molecule has 0 saturated carbocycles. The summed E-state index contributed by atoms with van der Waals surface area (Å²) >= 11 is 0. The molecule has 0 aromatic heterocycles. The first-order valence-electron chi connectivity index (χ1n) is 7.21. The maximum Gasteiger partial charge on any atom is 0.241 e. The Kier molecular flexibility index (Phi) is 6.68. The fourth-order valence-corrected chi connectivity index (χ4v) is 1.69. The van der Waals surface area contributed by atoms with Crippen molar-refractivity contribution >= 4 is 11.6 Å². The quantitative estimate of drug-likeness (QED) is 0.806. The summed E-state index contributed by atoms with van der Waals surface area (Å²) in [5, 5.41) is 2.84. The van der Waals surface area contributed by atoms with Gasteiger partial charge in [-0.05, 0) is 37.5 Å². The third-order valence-electron chi connectivity index (χ3n) is 3.36. The van der Waals surface area contributed by atoms with Crippen molar-refractivity contribution in [1.82, 2.24) is 0 Å². The highest BCUT2D eigenvalue weighted by Crippen LogP contribution is 2.13. The fourth-order valence-electron chi connectivity index (χ4n) is 1.69. The summed E-state index contributed by atoms with van der Waals surface area (Å²) in [6.07, 6.45) is 1.10. The first kappa shape index (κ1) is 16.7. The van der Waals surface area contributed by atoms with Crippen LogP contribution in [0.4, 0.5) is 5.69 Å². The molecule has 0 aliphatic heterocycles. The number of nitrogens with two attached hydrogens (primary N) is 1. The van der Waals surface area contributed by atoms with Crippen LogP contribution in [0, 0.1) is 5.92 Å². The molecule has 1 rings (SSSR count). The first-order chi connectivity index (χ1) is 9.43. The van der Waals surface area contributed by atoms with Crippen LogP contribution in [0.15, 0.2) is 24.3 Å². The Morgan fingerprint density at radius 3 is 2.35 bits per heavy atom. The summed E-state index contributed by atoms with van der Waals surface area (Å²) in [6.45, 7) is 8.60. The standard InChI is InChI=1S/C16H26N2O2/c1-5-12(4)15(17)16(19)18-14-8-6-13(7-9-14)10-20-11(2)3/h6-9,11-12,15H,5,10,17H2,1-4H3,(H,18,19). The van der Waals surface area contributed by atoms with Gasteiger partial charge in [-0.1, -0.05) is 32.4 Å². The van der Waals surface area contributed by atoms with Gasteiger partial charge >= 0.3 is 0 Å². The highest BCUT2D eigenvalue weighted by molar-refractivity contribution is 5.94.